The van der Waals surface area contributed by atoms with Gasteiger partial charge >= 0.3 is 12.1 Å². The van der Waals surface area contributed by atoms with Crippen LogP contribution in [0.3, 0.4) is 0 Å². The van der Waals surface area contributed by atoms with Crippen LogP contribution in [0.1, 0.15) is 31.1 Å². The van der Waals surface area contributed by atoms with Gasteiger partial charge in [-0.25, -0.2) is 9.59 Å². The molecule has 0 atom stereocenters. The molecule has 31 heavy (non-hydrogen) atoms. The van der Waals surface area contributed by atoms with Crippen molar-refractivity contribution >= 4 is 28.5 Å². The molecule has 1 aromatic carbocycles. The van der Waals surface area contributed by atoms with Crippen LogP contribution in [0, 0.1) is 11.3 Å². The molecule has 1 amide bonds. The number of amides is 1. The molecule has 0 spiro atoms. The molecule has 0 N–H and O–H groups in total. The normalized spacial score (nSPS) is 11.2. The molecular weight excluding hydrogens is 398 g/mol. The first-order valence-electron chi connectivity index (χ1n) is 9.85. The van der Waals surface area contributed by atoms with Gasteiger partial charge in [-0.05, 0) is 45.0 Å². The molecule has 0 unspecified atom stereocenters. The summed E-state index contributed by atoms with van der Waals surface area (Å²) < 4.78 is 18.0. The Balaban J connectivity index is 1.79. The van der Waals surface area contributed by atoms with E-state index in [4.69, 9.17) is 19.5 Å². The highest BCUT2D eigenvalue weighted by molar-refractivity contribution is 6.11. The van der Waals surface area contributed by atoms with Gasteiger partial charge in [0.05, 0.1) is 23.1 Å². The Labute approximate surface area is 180 Å². The zero-order valence-electron chi connectivity index (χ0n) is 18.0. The van der Waals surface area contributed by atoms with Gasteiger partial charge < -0.3 is 23.5 Å². The number of carbonyl (C=O) groups is 2. The van der Waals surface area contributed by atoms with Crippen molar-refractivity contribution in [2.75, 3.05) is 26.8 Å². The lowest BCUT2D eigenvalue weighted by Gasteiger charge is -2.24. The van der Waals surface area contributed by atoms with Crippen LogP contribution >= 0.6 is 0 Å². The average Bonchev–Trinajstić information content (AvgIpc) is 3.04. The predicted molar refractivity (Wildman–Crippen MR) is 115 cm³/mol. The third-order valence-electron chi connectivity index (χ3n) is 4.49. The van der Waals surface area contributed by atoms with Gasteiger partial charge in [-0.1, -0.05) is 6.07 Å². The molecule has 162 valence electrons. The number of likely N-dealkylation sites (N-methyl/N-ethyl adjacent to an activating group) is 1. The van der Waals surface area contributed by atoms with Crippen molar-refractivity contribution in [3.63, 3.8) is 0 Å². The Bertz CT molecular complexity index is 1150. The Kier molecular flexibility index (Phi) is 6.35. The molecule has 0 radical (unpaired) electrons. The number of nitrogens with zero attached hydrogens (tertiary/aromatic N) is 3. The SMILES string of the molecule is CN(CCOC(=O)c1c2ccc(OCC#N)cc2n2ccccc12)C(=O)OC(C)(C)C. The van der Waals surface area contributed by atoms with Crippen LogP contribution < -0.4 is 4.74 Å². The summed E-state index contributed by atoms with van der Waals surface area (Å²) >= 11 is 0. The number of carbonyl (C=O) groups excluding carboxylic acids is 2. The fourth-order valence-electron chi connectivity index (χ4n) is 3.12. The van der Waals surface area contributed by atoms with Crippen molar-refractivity contribution in [1.29, 1.82) is 5.26 Å². The minimum Gasteiger partial charge on any atom is -0.479 e. The smallest absolute Gasteiger partial charge is 0.410 e. The highest BCUT2D eigenvalue weighted by Crippen LogP contribution is 2.30. The first kappa shape index (κ1) is 22.0. The number of esters is 1. The fourth-order valence-corrected chi connectivity index (χ4v) is 3.12. The van der Waals surface area contributed by atoms with Gasteiger partial charge in [0, 0.05) is 24.7 Å². The van der Waals surface area contributed by atoms with Gasteiger partial charge in [0.2, 0.25) is 0 Å². The van der Waals surface area contributed by atoms with E-state index in [0.717, 1.165) is 5.52 Å². The molecule has 0 aliphatic carbocycles. The Morgan fingerprint density at radius 3 is 2.65 bits per heavy atom. The van der Waals surface area contributed by atoms with Crippen molar-refractivity contribution in [2.45, 2.75) is 26.4 Å². The second-order valence-corrected chi connectivity index (χ2v) is 7.99. The van der Waals surface area contributed by atoms with E-state index in [0.29, 0.717) is 22.2 Å². The standard InChI is InChI=1S/C23H25N3O5/c1-23(2,3)31-22(28)25(4)12-14-30-21(27)20-17-9-8-16(29-13-10-24)15-19(17)26-11-6-5-7-18(20)26/h5-9,11,15H,12-14H2,1-4H3. The highest BCUT2D eigenvalue weighted by Gasteiger charge is 2.22. The van der Waals surface area contributed by atoms with E-state index in [9.17, 15) is 9.59 Å². The number of nitriles is 1. The Hall–Kier alpha value is -3.73. The summed E-state index contributed by atoms with van der Waals surface area (Å²) in [5.41, 5.74) is 1.30. The summed E-state index contributed by atoms with van der Waals surface area (Å²) in [5.74, 6) is 0.0539. The molecule has 0 saturated heterocycles. The fraction of sp³-hybridized carbons (Fsp3) is 0.348. The lowest BCUT2D eigenvalue weighted by molar-refractivity contribution is 0.0218. The van der Waals surface area contributed by atoms with Gasteiger partial charge in [0.1, 0.15) is 24.0 Å². The first-order chi connectivity index (χ1) is 14.7. The number of rotatable bonds is 6. The van der Waals surface area contributed by atoms with Crippen molar-refractivity contribution in [3.05, 3.63) is 48.2 Å². The van der Waals surface area contributed by atoms with Gasteiger partial charge in [-0.2, -0.15) is 5.26 Å². The minimum atomic E-state index is -0.595. The van der Waals surface area contributed by atoms with Gasteiger partial charge in [0.25, 0.3) is 0 Å². The number of fused-ring (bicyclic) bond motifs is 3. The lowest BCUT2D eigenvalue weighted by atomic mass is 10.1. The van der Waals surface area contributed by atoms with E-state index in [1.165, 1.54) is 4.90 Å². The summed E-state index contributed by atoms with van der Waals surface area (Å²) in [7, 11) is 1.59. The number of pyridine rings is 1. The summed E-state index contributed by atoms with van der Waals surface area (Å²) in [6.45, 7) is 5.55. The van der Waals surface area contributed by atoms with Crippen LogP contribution in [0.2, 0.25) is 0 Å². The number of hydrogen-bond acceptors (Lipinski definition) is 6. The van der Waals surface area contributed by atoms with E-state index < -0.39 is 17.7 Å². The van der Waals surface area contributed by atoms with Crippen molar-refractivity contribution in [1.82, 2.24) is 9.30 Å². The maximum absolute atomic E-state index is 12.9. The van der Waals surface area contributed by atoms with Crippen LogP contribution in [0.5, 0.6) is 5.75 Å². The van der Waals surface area contributed by atoms with Crippen molar-refractivity contribution in [3.8, 4) is 11.8 Å². The van der Waals surface area contributed by atoms with Gasteiger partial charge in [0.15, 0.2) is 6.61 Å². The second kappa shape index (κ2) is 8.96. The Morgan fingerprint density at radius 1 is 1.16 bits per heavy atom. The van der Waals surface area contributed by atoms with Crippen molar-refractivity contribution in [2.24, 2.45) is 0 Å². The van der Waals surface area contributed by atoms with Gasteiger partial charge in [-0.3, -0.25) is 0 Å². The largest absolute Gasteiger partial charge is 0.479 e. The van der Waals surface area contributed by atoms with E-state index in [1.807, 2.05) is 34.9 Å². The summed E-state index contributed by atoms with van der Waals surface area (Å²) in [5, 5.41) is 9.44. The van der Waals surface area contributed by atoms with Crippen LogP contribution in [0.25, 0.3) is 16.4 Å². The highest BCUT2D eigenvalue weighted by atomic mass is 16.6. The number of aromatic nitrogens is 1. The second-order valence-electron chi connectivity index (χ2n) is 7.99. The third kappa shape index (κ3) is 5.07. The topological polar surface area (TPSA) is 93.3 Å². The number of hydrogen-bond donors (Lipinski definition) is 0. The maximum atomic E-state index is 12.9. The lowest BCUT2D eigenvalue weighted by Crippen LogP contribution is -2.36. The van der Waals surface area contributed by atoms with E-state index >= 15 is 0 Å². The summed E-state index contributed by atoms with van der Waals surface area (Å²) in [6.07, 6.45) is 1.37. The maximum Gasteiger partial charge on any atom is 0.410 e. The zero-order valence-corrected chi connectivity index (χ0v) is 18.0. The molecular formula is C23H25N3O5. The number of ether oxygens (including phenoxy) is 3. The van der Waals surface area contributed by atoms with Crippen LogP contribution in [0.4, 0.5) is 4.79 Å². The molecule has 3 rings (SSSR count). The molecule has 0 bridgehead atoms. The van der Waals surface area contributed by atoms with Crippen LogP contribution in [-0.2, 0) is 9.47 Å². The molecule has 0 aliphatic heterocycles. The molecule has 2 heterocycles. The molecule has 8 heteroatoms. The third-order valence-corrected chi connectivity index (χ3v) is 4.49. The van der Waals surface area contributed by atoms with E-state index in [2.05, 4.69) is 0 Å². The van der Waals surface area contributed by atoms with E-state index in [1.54, 1.807) is 46.0 Å². The molecule has 2 aromatic heterocycles. The molecule has 3 aromatic rings. The van der Waals surface area contributed by atoms with Crippen LogP contribution in [-0.4, -0.2) is 53.8 Å². The first-order valence-corrected chi connectivity index (χ1v) is 9.85. The summed E-state index contributed by atoms with van der Waals surface area (Å²) in [6, 6.07) is 12.7. The summed E-state index contributed by atoms with van der Waals surface area (Å²) in [4.78, 5) is 26.3. The minimum absolute atomic E-state index is 0.0314. The number of benzene rings is 1. The molecule has 0 saturated carbocycles. The predicted octanol–water partition coefficient (Wildman–Crippen LogP) is 4.02. The molecule has 8 nitrogen and oxygen atoms in total. The monoisotopic (exact) mass is 423 g/mol. The Morgan fingerprint density at radius 2 is 1.94 bits per heavy atom. The molecule has 0 fully saturated rings. The molecule has 0 aliphatic rings. The van der Waals surface area contributed by atoms with E-state index in [-0.39, 0.29) is 19.8 Å². The zero-order chi connectivity index (χ0) is 22.6. The quantitative estimate of drug-likeness (QED) is 0.556. The average molecular weight is 423 g/mol. The van der Waals surface area contributed by atoms with Crippen molar-refractivity contribution < 1.29 is 23.8 Å². The van der Waals surface area contributed by atoms with Crippen LogP contribution in [0.15, 0.2) is 42.6 Å². The van der Waals surface area contributed by atoms with Gasteiger partial charge in [-0.15, -0.1) is 0 Å².